The van der Waals surface area contributed by atoms with Crippen LogP contribution >= 0.6 is 0 Å². The molecule has 0 radical (unpaired) electrons. The summed E-state index contributed by atoms with van der Waals surface area (Å²) in [5, 5.41) is 6.36. The van der Waals surface area contributed by atoms with Gasteiger partial charge in [-0.2, -0.15) is 0 Å². The second kappa shape index (κ2) is 14.8. The lowest BCUT2D eigenvalue weighted by atomic mass is 10.0. The number of pyridine rings is 1. The van der Waals surface area contributed by atoms with Crippen LogP contribution in [0.25, 0.3) is 22.2 Å². The standard InChI is InChI=1S/C40H46N4O8/c1-24-15-17-29-32(19-24)41-31(25-11-7-6-8-12-25)21-34(29)51-28-20-33-35(46)43-40(37(48)50-5)22-26(40)13-9-10-14-27(45)16-18-30(36(47)44(33)23-28)42-38(49)52-39(2,3)4/h6-9,11-13,15,17,19,21,26,28,30,33H,10,14,16,18,20,22-23H2,1-5H3,(H,42,49)(H,43,46)/b13-9-/t26-,28?,30-,33-,40+/m0/s1. The average Bonchev–Trinajstić information content (AvgIpc) is 3.63. The number of ether oxygens (including phenoxy) is 3. The van der Waals surface area contributed by atoms with Crippen molar-refractivity contribution >= 4 is 40.6 Å². The largest absolute Gasteiger partial charge is 0.488 e. The quantitative estimate of drug-likeness (QED) is 0.269. The highest BCUT2D eigenvalue weighted by Gasteiger charge is 2.62. The lowest BCUT2D eigenvalue weighted by Gasteiger charge is -2.30. The number of esters is 1. The number of nitrogens with zero attached hydrogens (tertiary/aromatic N) is 2. The molecule has 2 aliphatic heterocycles. The first kappa shape index (κ1) is 36.5. The summed E-state index contributed by atoms with van der Waals surface area (Å²) in [7, 11) is 1.27. The molecular weight excluding hydrogens is 664 g/mol. The highest BCUT2D eigenvalue weighted by atomic mass is 16.6. The van der Waals surface area contributed by atoms with Crippen molar-refractivity contribution in [3.8, 4) is 17.0 Å². The van der Waals surface area contributed by atoms with E-state index in [0.29, 0.717) is 24.3 Å². The van der Waals surface area contributed by atoms with Crippen LogP contribution < -0.4 is 15.4 Å². The Morgan fingerprint density at radius 3 is 2.54 bits per heavy atom. The number of methoxy groups -OCH3 is 1. The van der Waals surface area contributed by atoms with Gasteiger partial charge in [-0.3, -0.25) is 14.4 Å². The Morgan fingerprint density at radius 2 is 1.81 bits per heavy atom. The van der Waals surface area contributed by atoms with Crippen molar-refractivity contribution in [3.63, 3.8) is 0 Å². The Kier molecular flexibility index (Phi) is 10.4. The number of amides is 3. The van der Waals surface area contributed by atoms with Crippen molar-refractivity contribution in [1.82, 2.24) is 20.5 Å². The minimum Gasteiger partial charge on any atom is -0.488 e. The molecule has 3 aliphatic rings. The first-order valence-electron chi connectivity index (χ1n) is 17.8. The van der Waals surface area contributed by atoms with Gasteiger partial charge in [-0.25, -0.2) is 14.6 Å². The van der Waals surface area contributed by atoms with Crippen LogP contribution in [-0.4, -0.2) is 82.5 Å². The number of rotatable bonds is 5. The summed E-state index contributed by atoms with van der Waals surface area (Å²) in [6, 6.07) is 15.2. The number of fused-ring (bicyclic) bond motifs is 3. The topological polar surface area (TPSA) is 153 Å². The van der Waals surface area contributed by atoms with E-state index < -0.39 is 53.2 Å². The van der Waals surface area contributed by atoms with Gasteiger partial charge in [-0.15, -0.1) is 0 Å². The normalized spacial score (nSPS) is 25.9. The van der Waals surface area contributed by atoms with E-state index in [1.807, 2.05) is 73.7 Å². The number of allylic oxidation sites excluding steroid dienone is 1. The van der Waals surface area contributed by atoms with E-state index in [1.54, 1.807) is 20.8 Å². The van der Waals surface area contributed by atoms with E-state index in [0.717, 1.165) is 22.0 Å². The Bertz CT molecular complexity index is 1900. The first-order chi connectivity index (χ1) is 24.8. The van der Waals surface area contributed by atoms with Gasteiger partial charge < -0.3 is 29.7 Å². The van der Waals surface area contributed by atoms with Gasteiger partial charge in [0.15, 0.2) is 0 Å². The molecule has 2 fully saturated rings. The summed E-state index contributed by atoms with van der Waals surface area (Å²) in [4.78, 5) is 73.9. The number of carbonyl (C=O) groups is 5. The Hall–Kier alpha value is -5.26. The molecule has 2 aromatic carbocycles. The van der Waals surface area contributed by atoms with Crippen molar-refractivity contribution in [3.05, 3.63) is 72.3 Å². The molecule has 5 atom stereocenters. The fourth-order valence-electron chi connectivity index (χ4n) is 6.99. The number of nitrogens with one attached hydrogen (secondary N) is 2. The number of Topliss-reactive ketones (excluding diaryl/α,β-unsaturated/α-hetero) is 1. The molecule has 1 aliphatic carbocycles. The lowest BCUT2D eigenvalue weighted by molar-refractivity contribution is -0.148. The number of aromatic nitrogens is 1. The Balaban J connectivity index is 1.36. The third-order valence-electron chi connectivity index (χ3n) is 9.71. The van der Waals surface area contributed by atoms with Crippen LogP contribution in [0.5, 0.6) is 5.75 Å². The van der Waals surface area contributed by atoms with Gasteiger partial charge in [0.2, 0.25) is 11.8 Å². The molecule has 12 heteroatoms. The fraction of sp³-hybridized carbons (Fsp3) is 0.450. The van der Waals surface area contributed by atoms with Gasteiger partial charge in [0.1, 0.15) is 40.9 Å². The number of aryl methyl sites for hydroxylation is 1. The van der Waals surface area contributed by atoms with Gasteiger partial charge in [0.05, 0.1) is 24.9 Å². The van der Waals surface area contributed by atoms with Crippen molar-refractivity contribution < 1.29 is 38.2 Å². The van der Waals surface area contributed by atoms with E-state index in [-0.39, 0.29) is 43.9 Å². The third kappa shape index (κ3) is 8.11. The molecule has 1 unspecified atom stereocenters. The minimum atomic E-state index is -1.29. The molecule has 1 aromatic heterocycles. The van der Waals surface area contributed by atoms with Crippen molar-refractivity contribution in [2.45, 2.75) is 95.5 Å². The average molecular weight is 711 g/mol. The van der Waals surface area contributed by atoms with Crippen LogP contribution in [0.4, 0.5) is 4.79 Å². The monoisotopic (exact) mass is 710 g/mol. The molecule has 274 valence electrons. The van der Waals surface area contributed by atoms with E-state index in [9.17, 15) is 24.0 Å². The zero-order valence-electron chi connectivity index (χ0n) is 30.3. The molecule has 0 bridgehead atoms. The summed E-state index contributed by atoms with van der Waals surface area (Å²) in [5.74, 6) is -1.56. The molecule has 0 spiro atoms. The van der Waals surface area contributed by atoms with Crippen LogP contribution in [0, 0.1) is 12.8 Å². The summed E-state index contributed by atoms with van der Waals surface area (Å²) in [6.07, 6.45) is 3.32. The summed E-state index contributed by atoms with van der Waals surface area (Å²) in [5.41, 5.74) is 1.23. The second-order valence-electron chi connectivity index (χ2n) is 14.9. The SMILES string of the molecule is COC(=O)[C@@]12C[C@@H]1/C=C\CCC(=O)CC[C@H](NC(=O)OC(C)(C)C)C(=O)N1CC(Oc3cc(-c4ccccc4)nc4cc(C)ccc34)C[C@H]1C(=O)N2. The lowest BCUT2D eigenvalue weighted by Crippen LogP contribution is -2.56. The van der Waals surface area contributed by atoms with Crippen LogP contribution in [0.3, 0.4) is 0 Å². The highest BCUT2D eigenvalue weighted by molar-refractivity contribution is 5.97. The van der Waals surface area contributed by atoms with E-state index in [1.165, 1.54) is 12.0 Å². The molecule has 3 amide bonds. The molecule has 12 nitrogen and oxygen atoms in total. The van der Waals surface area contributed by atoms with Crippen molar-refractivity contribution in [2.75, 3.05) is 13.7 Å². The number of ketones is 1. The molecule has 2 N–H and O–H groups in total. The van der Waals surface area contributed by atoms with Crippen LogP contribution in [0.1, 0.15) is 64.9 Å². The maximum absolute atomic E-state index is 14.5. The number of benzene rings is 2. The molecule has 3 aromatic rings. The summed E-state index contributed by atoms with van der Waals surface area (Å²) in [6.45, 7) is 7.11. The van der Waals surface area contributed by atoms with Gasteiger partial charge in [-0.1, -0.05) is 48.6 Å². The number of hydrogen-bond acceptors (Lipinski definition) is 9. The Morgan fingerprint density at radius 1 is 1.04 bits per heavy atom. The van der Waals surface area contributed by atoms with E-state index in [4.69, 9.17) is 19.2 Å². The van der Waals surface area contributed by atoms with Gasteiger partial charge in [-0.05, 0) is 64.7 Å². The Labute approximate surface area is 303 Å². The number of carbonyl (C=O) groups excluding carboxylic acids is 5. The maximum atomic E-state index is 14.5. The summed E-state index contributed by atoms with van der Waals surface area (Å²) < 4.78 is 17.2. The van der Waals surface area contributed by atoms with Crippen LogP contribution in [0.15, 0.2) is 66.7 Å². The molecule has 6 rings (SSSR count). The molecule has 52 heavy (non-hydrogen) atoms. The number of alkyl carbamates (subject to hydrolysis) is 1. The van der Waals surface area contributed by atoms with Gasteiger partial charge in [0, 0.05) is 42.2 Å². The van der Waals surface area contributed by atoms with Crippen LogP contribution in [-0.2, 0) is 28.7 Å². The molecular formula is C40H46N4O8. The smallest absolute Gasteiger partial charge is 0.408 e. The van der Waals surface area contributed by atoms with Gasteiger partial charge >= 0.3 is 12.1 Å². The third-order valence-corrected chi connectivity index (χ3v) is 9.71. The maximum Gasteiger partial charge on any atom is 0.408 e. The molecule has 1 saturated carbocycles. The van der Waals surface area contributed by atoms with Crippen molar-refractivity contribution in [2.24, 2.45) is 5.92 Å². The zero-order chi connectivity index (χ0) is 37.2. The van der Waals surface area contributed by atoms with Crippen LogP contribution in [0.2, 0.25) is 0 Å². The van der Waals surface area contributed by atoms with E-state index in [2.05, 4.69) is 10.6 Å². The predicted molar refractivity (Wildman–Crippen MR) is 193 cm³/mol. The highest BCUT2D eigenvalue weighted by Crippen LogP contribution is 2.46. The number of hydrogen-bond donors (Lipinski definition) is 2. The zero-order valence-corrected chi connectivity index (χ0v) is 30.3. The minimum absolute atomic E-state index is 0.00225. The van der Waals surface area contributed by atoms with Crippen molar-refractivity contribution in [1.29, 1.82) is 0 Å². The first-order valence-corrected chi connectivity index (χ1v) is 17.8. The molecule has 3 heterocycles. The van der Waals surface area contributed by atoms with Gasteiger partial charge in [0.25, 0.3) is 0 Å². The van der Waals surface area contributed by atoms with E-state index >= 15 is 0 Å². The second-order valence-corrected chi connectivity index (χ2v) is 14.9. The fourth-order valence-corrected chi connectivity index (χ4v) is 6.99. The molecule has 1 saturated heterocycles. The summed E-state index contributed by atoms with van der Waals surface area (Å²) >= 11 is 0. The predicted octanol–water partition coefficient (Wildman–Crippen LogP) is 5.20.